The zero-order valence-corrected chi connectivity index (χ0v) is 16.0. The number of carbonyl (C=O) groups is 1. The topological polar surface area (TPSA) is 105 Å². The maximum atomic E-state index is 12.8. The number of hydrogen-bond donors (Lipinski definition) is 1. The van der Waals surface area contributed by atoms with E-state index in [1.54, 1.807) is 36.7 Å². The van der Waals surface area contributed by atoms with Gasteiger partial charge in [0.05, 0.1) is 12.1 Å². The van der Waals surface area contributed by atoms with Crippen molar-refractivity contribution in [3.05, 3.63) is 87.0 Å². The Balaban J connectivity index is 2.00. The summed E-state index contributed by atoms with van der Waals surface area (Å²) < 4.78 is 6.59. The molecule has 0 fully saturated rings. The summed E-state index contributed by atoms with van der Waals surface area (Å²) >= 11 is 0. The number of aryl methyl sites for hydroxylation is 1. The van der Waals surface area contributed by atoms with Crippen LogP contribution in [0.25, 0.3) is 0 Å². The molecule has 3 aromatic rings. The smallest absolute Gasteiger partial charge is 0.271 e. The number of ketones is 1. The number of nitrogens with zero attached hydrogens (tertiary/aromatic N) is 3. The second kappa shape index (κ2) is 8.40. The van der Waals surface area contributed by atoms with Gasteiger partial charge in [0.1, 0.15) is 17.4 Å². The van der Waals surface area contributed by atoms with Gasteiger partial charge in [-0.1, -0.05) is 24.3 Å². The maximum absolute atomic E-state index is 12.8. The van der Waals surface area contributed by atoms with Crippen LogP contribution in [0.4, 0.5) is 0 Å². The molecule has 29 heavy (non-hydrogen) atoms. The van der Waals surface area contributed by atoms with Crippen molar-refractivity contribution in [3.63, 3.8) is 0 Å². The molecule has 2 aromatic heterocycles. The Hall–Kier alpha value is -3.92. The Kier molecular flexibility index (Phi) is 5.74. The number of hydrogen-bond acceptors (Lipinski definition) is 6. The predicted molar refractivity (Wildman–Crippen MR) is 106 cm³/mol. The molecule has 7 nitrogen and oxygen atoms in total. The highest BCUT2D eigenvalue weighted by molar-refractivity contribution is 6.01. The molecule has 0 amide bonds. The Morgan fingerprint density at radius 3 is 2.66 bits per heavy atom. The third-order valence-electron chi connectivity index (χ3n) is 4.59. The van der Waals surface area contributed by atoms with Gasteiger partial charge in [0, 0.05) is 12.4 Å². The van der Waals surface area contributed by atoms with E-state index in [1.807, 2.05) is 25.1 Å². The summed E-state index contributed by atoms with van der Waals surface area (Å²) in [5.74, 6) is -0.476. The Labute approximate surface area is 167 Å². The van der Waals surface area contributed by atoms with Gasteiger partial charge >= 0.3 is 0 Å². The first-order valence-corrected chi connectivity index (χ1v) is 8.91. The Morgan fingerprint density at radius 2 is 2.00 bits per heavy atom. The van der Waals surface area contributed by atoms with Crippen LogP contribution in [0.1, 0.15) is 32.6 Å². The summed E-state index contributed by atoms with van der Waals surface area (Å²) in [6.45, 7) is 2.96. The number of ether oxygens (including phenoxy) is 1. The second-order valence-corrected chi connectivity index (χ2v) is 6.54. The standard InChI is InChI=1S/C22H19N3O4/c1-14-6-3-4-8-19(14)29-13-18(26)20-15(2)17(10-23)21(27)25(22(20)28)12-16-7-5-9-24-11-16/h3-9,11,28H,12-13H2,1-2H3. The third-order valence-corrected chi connectivity index (χ3v) is 4.59. The van der Waals surface area contributed by atoms with E-state index in [2.05, 4.69) is 4.98 Å². The lowest BCUT2D eigenvalue weighted by atomic mass is 10.0. The molecule has 0 atom stereocenters. The average molecular weight is 389 g/mol. The summed E-state index contributed by atoms with van der Waals surface area (Å²) in [6.07, 6.45) is 3.13. The highest BCUT2D eigenvalue weighted by atomic mass is 16.5. The van der Waals surface area contributed by atoms with Crippen LogP contribution in [-0.2, 0) is 6.54 Å². The Morgan fingerprint density at radius 1 is 1.24 bits per heavy atom. The van der Waals surface area contributed by atoms with Crippen molar-refractivity contribution in [1.29, 1.82) is 5.26 Å². The van der Waals surface area contributed by atoms with Crippen LogP contribution >= 0.6 is 0 Å². The molecular weight excluding hydrogens is 370 g/mol. The lowest BCUT2D eigenvalue weighted by molar-refractivity contribution is 0.0916. The van der Waals surface area contributed by atoms with E-state index in [4.69, 9.17) is 4.74 Å². The fourth-order valence-corrected chi connectivity index (χ4v) is 3.04. The van der Waals surface area contributed by atoms with E-state index in [1.165, 1.54) is 6.92 Å². The van der Waals surface area contributed by atoms with Gasteiger partial charge in [-0.2, -0.15) is 5.26 Å². The Bertz CT molecular complexity index is 1160. The highest BCUT2D eigenvalue weighted by Gasteiger charge is 2.24. The van der Waals surface area contributed by atoms with Gasteiger partial charge in [-0.05, 0) is 42.7 Å². The molecule has 1 aromatic carbocycles. The number of pyridine rings is 2. The number of aromatic nitrogens is 2. The first-order chi connectivity index (χ1) is 13.9. The van der Waals surface area contributed by atoms with E-state index in [9.17, 15) is 20.0 Å². The molecule has 2 heterocycles. The quantitative estimate of drug-likeness (QED) is 0.650. The van der Waals surface area contributed by atoms with Gasteiger partial charge in [0.2, 0.25) is 11.7 Å². The lowest BCUT2D eigenvalue weighted by Crippen LogP contribution is -2.28. The van der Waals surface area contributed by atoms with E-state index in [0.29, 0.717) is 11.3 Å². The van der Waals surface area contributed by atoms with Crippen molar-refractivity contribution in [1.82, 2.24) is 9.55 Å². The molecule has 1 N–H and O–H groups in total. The van der Waals surface area contributed by atoms with Crippen molar-refractivity contribution in [2.45, 2.75) is 20.4 Å². The summed E-state index contributed by atoms with van der Waals surface area (Å²) in [4.78, 5) is 29.5. The molecule has 0 unspecified atom stereocenters. The van der Waals surface area contributed by atoms with Crippen molar-refractivity contribution in [3.8, 4) is 17.7 Å². The van der Waals surface area contributed by atoms with Gasteiger partial charge in [0.15, 0.2) is 6.61 Å². The molecule has 0 saturated heterocycles. The van der Waals surface area contributed by atoms with Gasteiger partial charge in [0.25, 0.3) is 5.56 Å². The summed E-state index contributed by atoms with van der Waals surface area (Å²) in [5, 5.41) is 20.1. The number of Topliss-reactive ketones (excluding diaryl/α,β-unsaturated/α-hetero) is 1. The van der Waals surface area contributed by atoms with Crippen molar-refractivity contribution < 1.29 is 14.6 Å². The van der Waals surface area contributed by atoms with Crippen LogP contribution in [0.5, 0.6) is 11.6 Å². The number of para-hydroxylation sites is 1. The molecule has 0 aliphatic rings. The summed E-state index contributed by atoms with van der Waals surface area (Å²) in [5.41, 5.74) is 0.691. The number of benzene rings is 1. The molecule has 0 aliphatic carbocycles. The number of rotatable bonds is 6. The first-order valence-electron chi connectivity index (χ1n) is 8.91. The fourth-order valence-electron chi connectivity index (χ4n) is 3.04. The molecular formula is C22H19N3O4. The van der Waals surface area contributed by atoms with Crippen LogP contribution in [0.3, 0.4) is 0 Å². The minimum atomic E-state index is -0.664. The molecule has 0 bridgehead atoms. The van der Waals surface area contributed by atoms with E-state index < -0.39 is 17.2 Å². The van der Waals surface area contributed by atoms with Gasteiger partial charge in [-0.3, -0.25) is 19.1 Å². The average Bonchev–Trinajstić information content (AvgIpc) is 2.72. The molecule has 7 heteroatoms. The minimum Gasteiger partial charge on any atom is -0.494 e. The number of carbonyl (C=O) groups excluding carboxylic acids is 1. The van der Waals surface area contributed by atoms with Gasteiger partial charge < -0.3 is 9.84 Å². The van der Waals surface area contributed by atoms with E-state index in [-0.39, 0.29) is 29.8 Å². The number of nitriles is 1. The molecule has 0 saturated carbocycles. The van der Waals surface area contributed by atoms with E-state index >= 15 is 0 Å². The van der Waals surface area contributed by atoms with Crippen LogP contribution in [0.15, 0.2) is 53.6 Å². The first kappa shape index (κ1) is 19.8. The molecule has 0 radical (unpaired) electrons. The lowest BCUT2D eigenvalue weighted by Gasteiger charge is -2.16. The molecule has 3 rings (SSSR count). The number of aromatic hydroxyl groups is 1. The van der Waals surface area contributed by atoms with E-state index in [0.717, 1.165) is 10.1 Å². The summed E-state index contributed by atoms with van der Waals surface area (Å²) in [6, 6.07) is 12.5. The normalized spacial score (nSPS) is 10.4. The summed E-state index contributed by atoms with van der Waals surface area (Å²) in [7, 11) is 0. The van der Waals surface area contributed by atoms with Gasteiger partial charge in [-0.25, -0.2) is 0 Å². The third kappa shape index (κ3) is 4.01. The van der Waals surface area contributed by atoms with Crippen molar-refractivity contribution >= 4 is 5.78 Å². The zero-order chi connectivity index (χ0) is 21.0. The van der Waals surface area contributed by atoms with Gasteiger partial charge in [-0.15, -0.1) is 0 Å². The highest BCUT2D eigenvalue weighted by Crippen LogP contribution is 2.24. The maximum Gasteiger partial charge on any atom is 0.271 e. The van der Waals surface area contributed by atoms with Crippen LogP contribution < -0.4 is 10.3 Å². The molecule has 0 aliphatic heterocycles. The zero-order valence-electron chi connectivity index (χ0n) is 16.0. The second-order valence-electron chi connectivity index (χ2n) is 6.54. The fraction of sp³-hybridized carbons (Fsp3) is 0.182. The minimum absolute atomic E-state index is 0.0214. The predicted octanol–water partition coefficient (Wildman–Crippen LogP) is 2.75. The van der Waals surface area contributed by atoms with Crippen LogP contribution in [0, 0.1) is 25.2 Å². The van der Waals surface area contributed by atoms with Crippen molar-refractivity contribution in [2.75, 3.05) is 6.61 Å². The molecule has 0 spiro atoms. The monoisotopic (exact) mass is 389 g/mol. The largest absolute Gasteiger partial charge is 0.494 e. The SMILES string of the molecule is Cc1ccccc1OCC(=O)c1c(C)c(C#N)c(=O)n(Cc2cccnc2)c1O. The van der Waals surface area contributed by atoms with Crippen molar-refractivity contribution in [2.24, 2.45) is 0 Å². The van der Waals surface area contributed by atoms with Crippen LogP contribution in [-0.4, -0.2) is 27.0 Å². The van der Waals surface area contributed by atoms with Crippen LogP contribution in [0.2, 0.25) is 0 Å². The molecule has 146 valence electrons.